The van der Waals surface area contributed by atoms with E-state index in [2.05, 4.69) is 5.32 Å². The molecule has 3 aromatic rings. The van der Waals surface area contributed by atoms with E-state index in [1.54, 1.807) is 48.5 Å². The van der Waals surface area contributed by atoms with E-state index in [4.69, 9.17) is 32.7 Å². The molecule has 0 radical (unpaired) electrons. The van der Waals surface area contributed by atoms with Crippen molar-refractivity contribution in [3.8, 4) is 17.6 Å². The van der Waals surface area contributed by atoms with Gasteiger partial charge in [-0.25, -0.2) is 0 Å². The number of ether oxygens (including phenoxy) is 2. The maximum Gasteiger partial charge on any atom is 0.266 e. The highest BCUT2D eigenvalue weighted by atomic mass is 35.5. The van der Waals surface area contributed by atoms with Crippen molar-refractivity contribution in [3.63, 3.8) is 0 Å². The van der Waals surface area contributed by atoms with E-state index >= 15 is 0 Å². The zero-order chi connectivity index (χ0) is 23.1. The average Bonchev–Trinajstić information content (AvgIpc) is 2.79. The summed E-state index contributed by atoms with van der Waals surface area (Å²) in [5, 5.41) is 13.4. The minimum atomic E-state index is -0.528. The first-order valence-corrected chi connectivity index (χ1v) is 10.4. The lowest BCUT2D eigenvalue weighted by atomic mass is 10.1. The Labute approximate surface area is 196 Å². The van der Waals surface area contributed by atoms with Gasteiger partial charge in [0.1, 0.15) is 18.2 Å². The number of anilines is 1. The molecule has 1 N–H and O–H groups in total. The highest BCUT2D eigenvalue weighted by Gasteiger charge is 2.13. The largest absolute Gasteiger partial charge is 0.493 e. The van der Waals surface area contributed by atoms with Gasteiger partial charge in [-0.2, -0.15) is 5.26 Å². The van der Waals surface area contributed by atoms with Gasteiger partial charge in [-0.1, -0.05) is 47.5 Å². The SMILES string of the molecule is COc1cc(/C=C(\C#N)C(=O)Nc2cc(Cl)ccc2C)ccc1OCc1ccc(Cl)cc1. The summed E-state index contributed by atoms with van der Waals surface area (Å²) >= 11 is 11.9. The molecule has 0 unspecified atom stereocenters. The third-order valence-corrected chi connectivity index (χ3v) is 5.11. The number of nitrogens with one attached hydrogen (secondary N) is 1. The number of hydrogen-bond acceptors (Lipinski definition) is 4. The highest BCUT2D eigenvalue weighted by molar-refractivity contribution is 6.31. The van der Waals surface area contributed by atoms with Crippen LogP contribution >= 0.6 is 23.2 Å². The van der Waals surface area contributed by atoms with Crippen LogP contribution in [0.1, 0.15) is 16.7 Å². The number of aryl methyl sites for hydroxylation is 1. The summed E-state index contributed by atoms with van der Waals surface area (Å²) in [6.45, 7) is 2.18. The lowest BCUT2D eigenvalue weighted by Gasteiger charge is -2.12. The van der Waals surface area contributed by atoms with E-state index in [-0.39, 0.29) is 5.57 Å². The van der Waals surface area contributed by atoms with Gasteiger partial charge in [0, 0.05) is 15.7 Å². The Morgan fingerprint density at radius 3 is 2.44 bits per heavy atom. The van der Waals surface area contributed by atoms with Crippen molar-refractivity contribution in [1.29, 1.82) is 5.26 Å². The molecule has 32 heavy (non-hydrogen) atoms. The number of carbonyl (C=O) groups is 1. The zero-order valence-electron chi connectivity index (χ0n) is 17.5. The molecule has 0 atom stereocenters. The van der Waals surface area contributed by atoms with Crippen molar-refractivity contribution in [2.45, 2.75) is 13.5 Å². The average molecular weight is 467 g/mol. The first-order chi connectivity index (χ1) is 15.4. The van der Waals surface area contributed by atoms with Gasteiger partial charge in [0.15, 0.2) is 11.5 Å². The molecule has 1 amide bonds. The molecule has 0 bridgehead atoms. The summed E-state index contributed by atoms with van der Waals surface area (Å²) in [5.74, 6) is 0.494. The van der Waals surface area contributed by atoms with Gasteiger partial charge in [0.25, 0.3) is 5.91 Å². The Morgan fingerprint density at radius 2 is 1.75 bits per heavy atom. The van der Waals surface area contributed by atoms with Crippen LogP contribution in [-0.2, 0) is 11.4 Å². The minimum Gasteiger partial charge on any atom is -0.493 e. The molecular weight excluding hydrogens is 447 g/mol. The van der Waals surface area contributed by atoms with Crippen LogP contribution < -0.4 is 14.8 Å². The Kier molecular flexibility index (Phi) is 7.77. The first kappa shape index (κ1) is 23.2. The van der Waals surface area contributed by atoms with Gasteiger partial charge in [0.05, 0.1) is 7.11 Å². The van der Waals surface area contributed by atoms with Crippen LogP contribution in [0.25, 0.3) is 6.08 Å². The highest BCUT2D eigenvalue weighted by Crippen LogP contribution is 2.30. The molecule has 0 aliphatic rings. The van der Waals surface area contributed by atoms with Crippen LogP contribution in [0.5, 0.6) is 11.5 Å². The summed E-state index contributed by atoms with van der Waals surface area (Å²) in [7, 11) is 1.53. The van der Waals surface area contributed by atoms with Crippen molar-refractivity contribution < 1.29 is 14.3 Å². The molecule has 0 aromatic heterocycles. The summed E-state index contributed by atoms with van der Waals surface area (Å²) in [6, 6.07) is 19.6. The number of nitriles is 1. The normalized spacial score (nSPS) is 10.9. The van der Waals surface area contributed by atoms with Crippen LogP contribution in [0.2, 0.25) is 10.0 Å². The monoisotopic (exact) mass is 466 g/mol. The fourth-order valence-corrected chi connectivity index (χ4v) is 3.17. The third kappa shape index (κ3) is 6.04. The fourth-order valence-electron chi connectivity index (χ4n) is 2.87. The van der Waals surface area contributed by atoms with Crippen LogP contribution in [0.4, 0.5) is 5.69 Å². The molecule has 0 aliphatic heterocycles. The van der Waals surface area contributed by atoms with E-state index in [0.717, 1.165) is 11.1 Å². The predicted octanol–water partition coefficient (Wildman–Crippen LogP) is 6.44. The number of nitrogens with zero attached hydrogens (tertiary/aromatic N) is 1. The van der Waals surface area contributed by atoms with Crippen molar-refractivity contribution in [2.75, 3.05) is 12.4 Å². The van der Waals surface area contributed by atoms with E-state index in [1.807, 2.05) is 25.1 Å². The summed E-state index contributed by atoms with van der Waals surface area (Å²) < 4.78 is 11.3. The number of benzene rings is 3. The molecule has 3 rings (SSSR count). The van der Waals surface area contributed by atoms with E-state index in [0.29, 0.717) is 39.4 Å². The van der Waals surface area contributed by atoms with Gasteiger partial charge in [0.2, 0.25) is 0 Å². The van der Waals surface area contributed by atoms with E-state index < -0.39 is 5.91 Å². The molecule has 0 heterocycles. The van der Waals surface area contributed by atoms with E-state index in [9.17, 15) is 10.1 Å². The Bertz CT molecular complexity index is 1200. The molecular formula is C25H20Cl2N2O3. The second kappa shape index (κ2) is 10.7. The number of amides is 1. The fraction of sp³-hybridized carbons (Fsp3) is 0.120. The number of halogens is 2. The summed E-state index contributed by atoms with van der Waals surface area (Å²) in [6.07, 6.45) is 1.49. The van der Waals surface area contributed by atoms with Gasteiger partial charge in [-0.3, -0.25) is 4.79 Å². The Balaban J connectivity index is 1.76. The third-order valence-electron chi connectivity index (χ3n) is 4.62. The van der Waals surface area contributed by atoms with Crippen molar-refractivity contribution in [2.24, 2.45) is 0 Å². The van der Waals surface area contributed by atoms with Gasteiger partial charge < -0.3 is 14.8 Å². The van der Waals surface area contributed by atoms with Gasteiger partial charge >= 0.3 is 0 Å². The molecule has 0 saturated carbocycles. The summed E-state index contributed by atoms with van der Waals surface area (Å²) in [5.41, 5.74) is 2.91. The maximum atomic E-state index is 12.6. The van der Waals surface area contributed by atoms with Crippen LogP contribution in [-0.4, -0.2) is 13.0 Å². The number of rotatable bonds is 7. The maximum absolute atomic E-state index is 12.6. The number of methoxy groups -OCH3 is 1. The smallest absolute Gasteiger partial charge is 0.266 e. The van der Waals surface area contributed by atoms with Crippen molar-refractivity contribution in [1.82, 2.24) is 0 Å². The predicted molar refractivity (Wildman–Crippen MR) is 127 cm³/mol. The quantitative estimate of drug-likeness (QED) is 0.321. The zero-order valence-corrected chi connectivity index (χ0v) is 19.0. The van der Waals surface area contributed by atoms with Crippen molar-refractivity contribution in [3.05, 3.63) is 93.0 Å². The number of carbonyl (C=O) groups excluding carboxylic acids is 1. The van der Waals surface area contributed by atoms with Crippen LogP contribution in [0.3, 0.4) is 0 Å². The molecule has 0 spiro atoms. The van der Waals surface area contributed by atoms with Crippen LogP contribution in [0, 0.1) is 18.3 Å². The topological polar surface area (TPSA) is 71.3 Å². The van der Waals surface area contributed by atoms with E-state index in [1.165, 1.54) is 13.2 Å². The molecule has 3 aromatic carbocycles. The molecule has 5 nitrogen and oxygen atoms in total. The molecule has 162 valence electrons. The van der Waals surface area contributed by atoms with Crippen LogP contribution in [0.15, 0.2) is 66.2 Å². The standard InChI is InChI=1S/C25H20Cl2N2O3/c1-16-3-7-21(27)13-22(16)29-25(30)19(14-28)11-18-6-10-23(24(12-18)31-2)32-15-17-4-8-20(26)9-5-17/h3-13H,15H2,1-2H3,(H,29,30)/b19-11+. The van der Waals surface area contributed by atoms with Crippen molar-refractivity contribution >= 4 is 40.9 Å². The second-order valence-corrected chi connectivity index (χ2v) is 7.78. The first-order valence-electron chi connectivity index (χ1n) is 9.64. The second-order valence-electron chi connectivity index (χ2n) is 6.91. The minimum absolute atomic E-state index is 0.0544. The lowest BCUT2D eigenvalue weighted by Crippen LogP contribution is -2.14. The number of hydrogen-bond donors (Lipinski definition) is 1. The van der Waals surface area contributed by atoms with Gasteiger partial charge in [-0.15, -0.1) is 0 Å². The summed E-state index contributed by atoms with van der Waals surface area (Å²) in [4.78, 5) is 12.6. The lowest BCUT2D eigenvalue weighted by molar-refractivity contribution is -0.112. The molecule has 7 heteroatoms. The molecule has 0 fully saturated rings. The molecule has 0 saturated heterocycles. The Morgan fingerprint density at radius 1 is 1.03 bits per heavy atom. The van der Waals surface area contributed by atoms with Gasteiger partial charge in [-0.05, 0) is 66.1 Å². The Hall–Kier alpha value is -3.46. The molecule has 0 aliphatic carbocycles.